The van der Waals surface area contributed by atoms with Crippen LogP contribution in [0.4, 0.5) is 0 Å². The lowest BCUT2D eigenvalue weighted by Crippen LogP contribution is -2.39. The van der Waals surface area contributed by atoms with Crippen molar-refractivity contribution in [2.24, 2.45) is 47.1 Å². The zero-order valence-electron chi connectivity index (χ0n) is 21.0. The van der Waals surface area contributed by atoms with Crippen LogP contribution in [-0.4, -0.2) is 55.7 Å². The van der Waals surface area contributed by atoms with Crippen LogP contribution in [-0.2, 0) is 24.0 Å². The maximum absolute atomic E-state index is 10.3. The van der Waals surface area contributed by atoms with Crippen LogP contribution in [0, 0.1) is 22.2 Å². The van der Waals surface area contributed by atoms with Crippen LogP contribution in [0.25, 0.3) is 0 Å². The van der Waals surface area contributed by atoms with E-state index in [1.807, 2.05) is 20.8 Å². The Morgan fingerprint density at radius 2 is 1.47 bits per heavy atom. The normalized spacial score (nSPS) is 22.4. The molecule has 1 aliphatic rings. The van der Waals surface area contributed by atoms with Crippen molar-refractivity contribution in [1.82, 2.24) is 0 Å². The highest BCUT2D eigenvalue weighted by molar-refractivity contribution is 5.37. The van der Waals surface area contributed by atoms with Crippen molar-refractivity contribution in [3.05, 3.63) is 0 Å². The highest BCUT2D eigenvalue weighted by atomic mass is 16.1. The Kier molecular flexibility index (Phi) is 13.6. The van der Waals surface area contributed by atoms with E-state index in [9.17, 15) is 24.0 Å². The second-order valence-electron chi connectivity index (χ2n) is 10.8. The Morgan fingerprint density at radius 1 is 0.882 bits per heavy atom. The molecule has 0 radical (unpaired) electrons. The smallest absolute Gasteiger partial charge is 0.211 e. The third kappa shape index (κ3) is 12.8. The number of isocyanates is 5. The first-order valence-corrected chi connectivity index (χ1v) is 11.2. The van der Waals surface area contributed by atoms with Crippen molar-refractivity contribution in [3.8, 4) is 0 Å². The van der Waals surface area contributed by atoms with Crippen LogP contribution in [0.3, 0.4) is 0 Å². The summed E-state index contributed by atoms with van der Waals surface area (Å²) in [5.74, 6) is -0.0943. The van der Waals surface area contributed by atoms with Gasteiger partial charge in [-0.25, -0.2) is 38.9 Å². The van der Waals surface area contributed by atoms with Gasteiger partial charge in [0.1, 0.15) is 0 Å². The van der Waals surface area contributed by atoms with Gasteiger partial charge in [-0.2, -0.15) is 9.98 Å². The Hall–Kier alpha value is -3.10. The summed E-state index contributed by atoms with van der Waals surface area (Å²) in [6.45, 7) is 13.1. The summed E-state index contributed by atoms with van der Waals surface area (Å²) in [7, 11) is 0. The lowest BCUT2D eigenvalue weighted by atomic mass is 9.63. The van der Waals surface area contributed by atoms with E-state index in [1.165, 1.54) is 18.2 Å². The van der Waals surface area contributed by atoms with Gasteiger partial charge in [0.15, 0.2) is 6.17 Å². The monoisotopic (exact) mass is 473 g/mol. The molecule has 0 aromatic carbocycles. The topological polar surface area (TPSA) is 147 Å². The fourth-order valence-electron chi connectivity index (χ4n) is 4.96. The SMILES string of the molecule is CC(CC(C)(C)CCN=C=O)C(N=C=O)N=C=O.CC1(C)CC(N=C=O)CC(C)(CN=C=O)C1. The molecule has 1 saturated carbocycles. The van der Waals surface area contributed by atoms with Crippen LogP contribution in [0.15, 0.2) is 25.0 Å². The minimum Gasteiger partial charge on any atom is -0.211 e. The first kappa shape index (κ1) is 30.9. The molecule has 0 aromatic heterocycles. The van der Waals surface area contributed by atoms with Gasteiger partial charge < -0.3 is 0 Å². The van der Waals surface area contributed by atoms with E-state index in [0.717, 1.165) is 19.3 Å². The minimum absolute atomic E-state index is 0.00750. The van der Waals surface area contributed by atoms with E-state index in [2.05, 4.69) is 45.7 Å². The van der Waals surface area contributed by atoms with E-state index in [1.54, 1.807) is 12.2 Å². The van der Waals surface area contributed by atoms with E-state index >= 15 is 0 Å². The molecule has 0 aliphatic heterocycles. The van der Waals surface area contributed by atoms with Gasteiger partial charge in [-0.3, -0.25) is 0 Å². The van der Waals surface area contributed by atoms with Gasteiger partial charge in [-0.1, -0.05) is 41.5 Å². The Labute approximate surface area is 200 Å². The summed E-state index contributed by atoms with van der Waals surface area (Å²) in [5.41, 5.74) is -0.0462. The number of hydrogen-bond donors (Lipinski definition) is 0. The Bertz CT molecular complexity index is 883. The molecule has 0 N–H and O–H groups in total. The Morgan fingerprint density at radius 3 is 1.97 bits per heavy atom. The number of aliphatic imine (C=N–C) groups is 5. The second-order valence-corrected chi connectivity index (χ2v) is 10.8. The average Bonchev–Trinajstić information content (AvgIpc) is 2.71. The van der Waals surface area contributed by atoms with E-state index in [4.69, 9.17) is 0 Å². The Balaban J connectivity index is 0.000000644. The zero-order chi connectivity index (χ0) is 26.3. The van der Waals surface area contributed by atoms with Crippen LogP contribution >= 0.6 is 0 Å². The largest absolute Gasteiger partial charge is 0.237 e. The zero-order valence-corrected chi connectivity index (χ0v) is 21.0. The van der Waals surface area contributed by atoms with Gasteiger partial charge in [0.2, 0.25) is 30.4 Å². The van der Waals surface area contributed by atoms with Gasteiger partial charge >= 0.3 is 0 Å². The van der Waals surface area contributed by atoms with Gasteiger partial charge in [0.05, 0.1) is 19.1 Å². The molecule has 3 unspecified atom stereocenters. The van der Waals surface area contributed by atoms with Gasteiger partial charge in [0, 0.05) is 5.92 Å². The predicted molar refractivity (Wildman–Crippen MR) is 126 cm³/mol. The first-order valence-electron chi connectivity index (χ1n) is 11.2. The lowest BCUT2D eigenvalue weighted by molar-refractivity contribution is 0.0915. The molecule has 1 fully saturated rings. The molecule has 0 spiro atoms. The number of rotatable bonds is 11. The molecule has 0 amide bonds. The highest BCUT2D eigenvalue weighted by Crippen LogP contribution is 2.47. The van der Waals surface area contributed by atoms with Crippen molar-refractivity contribution in [2.75, 3.05) is 13.1 Å². The van der Waals surface area contributed by atoms with Gasteiger partial charge in [-0.05, 0) is 48.3 Å². The van der Waals surface area contributed by atoms with Crippen molar-refractivity contribution in [3.63, 3.8) is 0 Å². The molecule has 10 heteroatoms. The molecule has 10 nitrogen and oxygen atoms in total. The summed E-state index contributed by atoms with van der Waals surface area (Å²) in [5, 5.41) is 0. The van der Waals surface area contributed by atoms with Crippen LogP contribution < -0.4 is 0 Å². The molecule has 0 saturated heterocycles. The van der Waals surface area contributed by atoms with E-state index < -0.39 is 6.17 Å². The predicted octanol–water partition coefficient (Wildman–Crippen LogP) is 4.01. The quantitative estimate of drug-likeness (QED) is 0.328. The van der Waals surface area contributed by atoms with Gasteiger partial charge in [0.25, 0.3) is 0 Å². The van der Waals surface area contributed by atoms with Crippen LogP contribution in [0.2, 0.25) is 0 Å². The maximum atomic E-state index is 10.3. The molecule has 1 aliphatic carbocycles. The van der Waals surface area contributed by atoms with Gasteiger partial charge in [-0.15, -0.1) is 0 Å². The lowest BCUT2D eigenvalue weighted by Gasteiger charge is -2.44. The van der Waals surface area contributed by atoms with Crippen molar-refractivity contribution >= 4 is 30.4 Å². The maximum Gasteiger partial charge on any atom is 0.237 e. The molecule has 34 heavy (non-hydrogen) atoms. The summed E-state index contributed by atoms with van der Waals surface area (Å²) in [6, 6.07) is 0.00750. The van der Waals surface area contributed by atoms with E-state index in [0.29, 0.717) is 25.9 Å². The fraction of sp³-hybridized carbons (Fsp3) is 0.792. The minimum atomic E-state index is -0.742. The molecular weight excluding hydrogens is 438 g/mol. The molecule has 1 rings (SSSR count). The molecule has 0 aromatic rings. The molecule has 186 valence electrons. The summed E-state index contributed by atoms with van der Waals surface area (Å²) in [6.07, 6.45) is 10.8. The molecule has 0 heterocycles. The first-order chi connectivity index (χ1) is 15.9. The summed E-state index contributed by atoms with van der Waals surface area (Å²) >= 11 is 0. The average molecular weight is 474 g/mol. The third-order valence-electron chi connectivity index (χ3n) is 5.90. The van der Waals surface area contributed by atoms with E-state index in [-0.39, 0.29) is 28.2 Å². The molecular formula is C24H35N5O5. The number of nitrogens with zero attached hydrogens (tertiary/aromatic N) is 5. The summed E-state index contributed by atoms with van der Waals surface area (Å²) < 4.78 is 0. The standard InChI is InChI=1S/C12H17N3O3.C12H18N2O2/c1-10(11(14-8-17)15-9-18)6-12(2,3)4-5-13-7-16;1-11(2)4-10(14-9-16)5-12(3,6-11)7-13-8-15/h10-11H,4-6H2,1-3H3;10H,4-7H2,1-3H3. The second kappa shape index (κ2) is 14.9. The van der Waals surface area contributed by atoms with Crippen molar-refractivity contribution in [1.29, 1.82) is 0 Å². The fourth-order valence-corrected chi connectivity index (χ4v) is 4.96. The van der Waals surface area contributed by atoms with Crippen LogP contribution in [0.5, 0.6) is 0 Å². The molecule has 3 atom stereocenters. The third-order valence-corrected chi connectivity index (χ3v) is 5.90. The van der Waals surface area contributed by atoms with Crippen molar-refractivity contribution in [2.45, 2.75) is 85.9 Å². The number of carbonyl (C=O) groups excluding carboxylic acids is 5. The van der Waals surface area contributed by atoms with Crippen LogP contribution in [0.1, 0.15) is 73.6 Å². The number of hydrogen-bond acceptors (Lipinski definition) is 10. The van der Waals surface area contributed by atoms with Crippen molar-refractivity contribution < 1.29 is 24.0 Å². The highest BCUT2D eigenvalue weighted by Gasteiger charge is 2.41. The summed E-state index contributed by atoms with van der Waals surface area (Å²) in [4.78, 5) is 68.9. The molecule has 0 bridgehead atoms.